The summed E-state index contributed by atoms with van der Waals surface area (Å²) in [5, 5.41) is 12.8. The molecule has 2 aliphatic heterocycles. The number of nitrogens with zero attached hydrogens (tertiary/aromatic N) is 3. The van der Waals surface area contributed by atoms with Crippen LogP contribution >= 0.6 is 0 Å². The van der Waals surface area contributed by atoms with Gasteiger partial charge in [0.2, 0.25) is 5.67 Å². The zero-order valence-corrected chi connectivity index (χ0v) is 25.2. The maximum absolute atomic E-state index is 17.1. The van der Waals surface area contributed by atoms with Gasteiger partial charge in [0.1, 0.15) is 18.1 Å². The van der Waals surface area contributed by atoms with Gasteiger partial charge in [-0.1, -0.05) is 18.2 Å². The molecule has 12 heteroatoms. The van der Waals surface area contributed by atoms with Crippen molar-refractivity contribution in [2.24, 2.45) is 0 Å². The molecule has 2 atom stereocenters. The van der Waals surface area contributed by atoms with Crippen molar-refractivity contribution in [1.82, 2.24) is 15.0 Å². The van der Waals surface area contributed by atoms with Gasteiger partial charge in [-0.05, 0) is 80.1 Å². The molecule has 0 saturated carbocycles. The molecule has 5 rings (SSSR count). The van der Waals surface area contributed by atoms with E-state index in [1.165, 1.54) is 12.1 Å². The van der Waals surface area contributed by atoms with E-state index in [0.29, 0.717) is 30.7 Å². The number of benzene rings is 2. The van der Waals surface area contributed by atoms with Gasteiger partial charge in [0.25, 0.3) is 11.8 Å². The Balaban J connectivity index is 1.34. The van der Waals surface area contributed by atoms with Crippen molar-refractivity contribution in [3.8, 4) is 17.4 Å². The zero-order valence-electron chi connectivity index (χ0n) is 25.2. The van der Waals surface area contributed by atoms with Crippen LogP contribution in [-0.2, 0) is 17.6 Å². The number of halogens is 4. The van der Waals surface area contributed by atoms with Gasteiger partial charge in [0.05, 0.1) is 12.7 Å². The van der Waals surface area contributed by atoms with Crippen LogP contribution in [0.2, 0.25) is 0 Å². The molecule has 3 aromatic rings. The number of likely N-dealkylation sites (tertiary alicyclic amines) is 2. The van der Waals surface area contributed by atoms with Crippen molar-refractivity contribution < 1.29 is 41.5 Å². The molecule has 1 amide bonds. The fourth-order valence-electron chi connectivity index (χ4n) is 6.10. The number of methoxy groups -OCH3 is 1. The van der Waals surface area contributed by atoms with E-state index in [1.54, 1.807) is 36.3 Å². The van der Waals surface area contributed by atoms with Crippen molar-refractivity contribution in [2.75, 3.05) is 33.3 Å². The molecule has 44 heavy (non-hydrogen) atoms. The van der Waals surface area contributed by atoms with Gasteiger partial charge in [0, 0.05) is 43.7 Å². The molecule has 0 bridgehead atoms. The first-order valence-electron chi connectivity index (χ1n) is 14.5. The van der Waals surface area contributed by atoms with E-state index in [9.17, 15) is 23.1 Å². The minimum Gasteiger partial charge on any atom is -0.497 e. The molecule has 1 aromatic heterocycles. The number of hydrogen-bond donors (Lipinski definition) is 1. The van der Waals surface area contributed by atoms with Gasteiger partial charge in [-0.15, -0.1) is 0 Å². The maximum Gasteiger partial charge on any atom is 0.416 e. The summed E-state index contributed by atoms with van der Waals surface area (Å²) in [6, 6.07) is 11.7. The average Bonchev–Trinajstić information content (AvgIpc) is 3.58. The van der Waals surface area contributed by atoms with Gasteiger partial charge in [0.15, 0.2) is 5.76 Å². The van der Waals surface area contributed by atoms with Gasteiger partial charge in [-0.25, -0.2) is 4.39 Å². The van der Waals surface area contributed by atoms with Crippen LogP contribution in [0, 0.1) is 0 Å². The summed E-state index contributed by atoms with van der Waals surface area (Å²) in [5.74, 6) is -1.02. The Hall–Kier alpha value is -3.80. The van der Waals surface area contributed by atoms with Crippen LogP contribution < -0.4 is 9.47 Å². The molecule has 0 unspecified atom stereocenters. The monoisotopic (exact) mass is 619 g/mol. The third kappa shape index (κ3) is 6.50. The average molecular weight is 620 g/mol. The lowest BCUT2D eigenvalue weighted by molar-refractivity contribution is -0.145. The lowest BCUT2D eigenvalue weighted by Gasteiger charge is -2.38. The van der Waals surface area contributed by atoms with Crippen LogP contribution in [-0.4, -0.2) is 70.5 Å². The van der Waals surface area contributed by atoms with Gasteiger partial charge in [-0.2, -0.15) is 13.2 Å². The fraction of sp³-hybridized carbons (Fsp3) is 0.500. The van der Waals surface area contributed by atoms with E-state index in [-0.39, 0.29) is 55.1 Å². The van der Waals surface area contributed by atoms with Gasteiger partial charge in [-0.3, -0.25) is 9.69 Å². The van der Waals surface area contributed by atoms with E-state index in [1.807, 2.05) is 25.7 Å². The molecule has 2 aliphatic rings. The Morgan fingerprint density at radius 2 is 1.77 bits per heavy atom. The van der Waals surface area contributed by atoms with Crippen LogP contribution in [0.15, 0.2) is 53.1 Å². The fourth-order valence-corrected chi connectivity index (χ4v) is 6.10. The Labute approximate surface area is 253 Å². The lowest BCUT2D eigenvalue weighted by Crippen LogP contribution is -2.53. The second-order valence-corrected chi connectivity index (χ2v) is 12.5. The van der Waals surface area contributed by atoms with E-state index in [2.05, 4.69) is 5.16 Å². The van der Waals surface area contributed by atoms with Crippen LogP contribution in [0.4, 0.5) is 17.6 Å². The van der Waals surface area contributed by atoms with Crippen molar-refractivity contribution in [2.45, 2.75) is 69.4 Å². The Bertz CT molecular complexity index is 1460. The number of amides is 1. The summed E-state index contributed by atoms with van der Waals surface area (Å²) in [7, 11) is 1.56. The summed E-state index contributed by atoms with van der Waals surface area (Å²) in [4.78, 5) is 17.5. The van der Waals surface area contributed by atoms with Crippen molar-refractivity contribution >= 4 is 5.91 Å². The van der Waals surface area contributed by atoms with Gasteiger partial charge >= 0.3 is 6.18 Å². The predicted molar refractivity (Wildman–Crippen MR) is 153 cm³/mol. The summed E-state index contributed by atoms with van der Waals surface area (Å²) in [5.41, 5.74) is -2.10. The molecule has 0 spiro atoms. The molecule has 2 aromatic carbocycles. The number of hydrogen-bond acceptors (Lipinski definition) is 7. The minimum atomic E-state index is -4.57. The summed E-state index contributed by atoms with van der Waals surface area (Å²) in [6.07, 6.45) is -3.74. The zero-order chi connectivity index (χ0) is 31.9. The molecular weight excluding hydrogens is 582 g/mol. The molecule has 3 heterocycles. The number of ether oxygens (including phenoxy) is 2. The van der Waals surface area contributed by atoms with Crippen molar-refractivity contribution in [3.05, 3.63) is 71.0 Å². The number of aromatic nitrogens is 1. The van der Waals surface area contributed by atoms with Crippen molar-refractivity contribution in [3.63, 3.8) is 0 Å². The molecule has 0 aliphatic carbocycles. The number of rotatable bonds is 7. The molecule has 0 radical (unpaired) electrons. The largest absolute Gasteiger partial charge is 0.497 e. The van der Waals surface area contributed by atoms with E-state index >= 15 is 4.39 Å². The predicted octanol–water partition coefficient (Wildman–Crippen LogP) is 6.30. The van der Waals surface area contributed by atoms with Crippen molar-refractivity contribution in [1.29, 1.82) is 0 Å². The van der Waals surface area contributed by atoms with E-state index in [0.717, 1.165) is 17.7 Å². The molecule has 2 saturated heterocycles. The number of carbonyl (C=O) groups excluding carboxylic acids is 1. The number of carbonyl (C=O) groups is 1. The molecule has 8 nitrogen and oxygen atoms in total. The highest BCUT2D eigenvalue weighted by Crippen LogP contribution is 2.45. The van der Waals surface area contributed by atoms with Crippen LogP contribution in [0.5, 0.6) is 17.4 Å². The van der Waals surface area contributed by atoms with E-state index in [4.69, 9.17) is 14.0 Å². The Morgan fingerprint density at radius 3 is 2.34 bits per heavy atom. The normalized spacial score (nSPS) is 21.9. The third-order valence-corrected chi connectivity index (χ3v) is 8.68. The molecule has 1 N–H and O–H groups in total. The first-order chi connectivity index (χ1) is 20.7. The summed E-state index contributed by atoms with van der Waals surface area (Å²) >= 11 is 0. The van der Waals surface area contributed by atoms with Gasteiger partial charge < -0.3 is 24.0 Å². The quantitative estimate of drug-likeness (QED) is 0.311. The Kier molecular flexibility index (Phi) is 8.58. The van der Waals surface area contributed by atoms with Crippen LogP contribution in [0.25, 0.3) is 0 Å². The number of piperidine rings is 1. The number of alkyl halides is 4. The maximum atomic E-state index is 17.1. The topological polar surface area (TPSA) is 88.3 Å². The third-order valence-electron chi connectivity index (χ3n) is 8.68. The Morgan fingerprint density at radius 1 is 1.09 bits per heavy atom. The highest BCUT2D eigenvalue weighted by molar-refractivity contribution is 5.87. The molecule has 238 valence electrons. The standard InChI is InChI=1S/C32H37F4N3O5/c1-30(2,3)39-17-26(21-5-8-23(42-4)9-6-21)31(33,19-39)29(41)38-13-11-20(12-14-38)25-10-7-22(32(34,35)36)15-27(25)43-18-24-16-28(40)37-44-24/h5-10,15-16,20,26H,11-14,17-19H2,1-4H3,(H,37,40)/t26-,31-/m0/s1. The number of aromatic hydroxyl groups is 1. The van der Waals surface area contributed by atoms with Crippen LogP contribution in [0.1, 0.15) is 67.9 Å². The summed E-state index contributed by atoms with van der Waals surface area (Å²) < 4.78 is 73.5. The molecular formula is C32H37F4N3O5. The smallest absolute Gasteiger partial charge is 0.416 e. The summed E-state index contributed by atoms with van der Waals surface area (Å²) in [6.45, 7) is 6.58. The second kappa shape index (κ2) is 11.9. The SMILES string of the molecule is COc1ccc([C@@H]2CN(C(C)(C)C)C[C@@]2(F)C(=O)N2CCC(c3ccc(C(F)(F)F)cc3OCc3cc(O)no3)CC2)cc1. The highest BCUT2D eigenvalue weighted by Gasteiger charge is 2.57. The van der Waals surface area contributed by atoms with E-state index < -0.39 is 29.2 Å². The van der Waals surface area contributed by atoms with Crippen LogP contribution in [0.3, 0.4) is 0 Å². The highest BCUT2D eigenvalue weighted by atomic mass is 19.4. The lowest BCUT2D eigenvalue weighted by atomic mass is 9.83. The molecule has 2 fully saturated rings. The minimum absolute atomic E-state index is 0.0265. The second-order valence-electron chi connectivity index (χ2n) is 12.5. The first kappa shape index (κ1) is 31.6. The first-order valence-corrected chi connectivity index (χ1v) is 14.5.